The Morgan fingerprint density at radius 1 is 1.19 bits per heavy atom. The Bertz CT molecular complexity index is 701. The van der Waals surface area contributed by atoms with Crippen LogP contribution in [0.15, 0.2) is 53.6 Å². The summed E-state index contributed by atoms with van der Waals surface area (Å²) in [6.45, 7) is 1.44. The summed E-state index contributed by atoms with van der Waals surface area (Å²) >= 11 is 1.57. The van der Waals surface area contributed by atoms with E-state index >= 15 is 0 Å². The van der Waals surface area contributed by atoms with Crippen molar-refractivity contribution in [3.63, 3.8) is 0 Å². The molecule has 0 saturated carbocycles. The lowest BCUT2D eigenvalue weighted by Crippen LogP contribution is -2.39. The zero-order valence-electron chi connectivity index (χ0n) is 14.6. The molecule has 1 atom stereocenters. The van der Waals surface area contributed by atoms with Gasteiger partial charge < -0.3 is 15.1 Å². The summed E-state index contributed by atoms with van der Waals surface area (Å²) in [4.78, 5) is 19.8. The number of amides is 1. The molecule has 5 nitrogen and oxygen atoms in total. The van der Waals surface area contributed by atoms with Crippen LogP contribution in [0.3, 0.4) is 0 Å². The molecule has 6 heteroatoms. The van der Waals surface area contributed by atoms with Gasteiger partial charge in [-0.3, -0.25) is 9.78 Å². The van der Waals surface area contributed by atoms with Crippen LogP contribution in [0.4, 0.5) is 0 Å². The van der Waals surface area contributed by atoms with Crippen LogP contribution in [0.2, 0.25) is 0 Å². The molecule has 1 aliphatic rings. The highest BCUT2D eigenvalue weighted by atomic mass is 32.2. The summed E-state index contributed by atoms with van der Waals surface area (Å²) in [5, 5.41) is 19.4. The Hall–Kier alpha value is -1.89. The molecule has 0 spiro atoms. The highest BCUT2D eigenvalue weighted by Crippen LogP contribution is 2.30. The van der Waals surface area contributed by atoms with E-state index in [0.717, 1.165) is 17.7 Å². The molecule has 2 aromatic rings. The zero-order chi connectivity index (χ0) is 18.4. The number of likely N-dealkylation sites (tertiary alicyclic amines) is 1. The highest BCUT2D eigenvalue weighted by Gasteiger charge is 2.29. The molecule has 0 unspecified atom stereocenters. The minimum atomic E-state index is -0.573. The largest absolute Gasteiger partial charge is 0.396 e. The second-order valence-corrected chi connectivity index (χ2v) is 7.59. The third kappa shape index (κ3) is 4.63. The van der Waals surface area contributed by atoms with Gasteiger partial charge in [0.1, 0.15) is 0 Å². The van der Waals surface area contributed by atoms with Gasteiger partial charge in [0.15, 0.2) is 0 Å². The minimum Gasteiger partial charge on any atom is -0.396 e. The molecule has 0 bridgehead atoms. The van der Waals surface area contributed by atoms with E-state index in [0.29, 0.717) is 30.1 Å². The number of aliphatic hydroxyl groups is 2. The fourth-order valence-corrected chi connectivity index (χ4v) is 3.91. The van der Waals surface area contributed by atoms with Crippen LogP contribution in [0.1, 0.15) is 35.0 Å². The summed E-state index contributed by atoms with van der Waals surface area (Å²) in [6, 6.07) is 13.1. The first-order chi connectivity index (χ1) is 12.7. The summed E-state index contributed by atoms with van der Waals surface area (Å²) in [6.07, 6.45) is 2.66. The number of piperidine rings is 1. The standard InChI is InChI=1S/C20H24N2O3S/c23-13-14-26-17-6-4-16(5-7-17)20(25)22-11-8-15(9-12-22)19(24)18-3-1-2-10-21-18/h1-7,10,15,19,23-24H,8-9,11-14H2/t19-/m0/s1. The number of thioether (sulfide) groups is 1. The van der Waals surface area contributed by atoms with Gasteiger partial charge in [-0.25, -0.2) is 0 Å². The van der Waals surface area contributed by atoms with Crippen LogP contribution in [0.25, 0.3) is 0 Å². The second kappa shape index (κ2) is 9.16. The second-order valence-electron chi connectivity index (χ2n) is 6.43. The molecule has 0 radical (unpaired) electrons. The number of pyridine rings is 1. The van der Waals surface area contributed by atoms with E-state index in [2.05, 4.69) is 4.98 Å². The molecule has 2 N–H and O–H groups in total. The van der Waals surface area contributed by atoms with Crippen molar-refractivity contribution in [3.8, 4) is 0 Å². The number of carbonyl (C=O) groups is 1. The number of rotatable bonds is 6. The number of hydrogen-bond donors (Lipinski definition) is 2. The third-order valence-corrected chi connectivity index (χ3v) is 5.72. The lowest BCUT2D eigenvalue weighted by Gasteiger charge is -2.34. The lowest BCUT2D eigenvalue weighted by molar-refractivity contribution is 0.0447. The molecule has 0 aliphatic carbocycles. The summed E-state index contributed by atoms with van der Waals surface area (Å²) < 4.78 is 0. The van der Waals surface area contributed by atoms with Crippen molar-refractivity contribution in [2.75, 3.05) is 25.4 Å². The van der Waals surface area contributed by atoms with Crippen LogP contribution in [0.5, 0.6) is 0 Å². The fourth-order valence-electron chi connectivity index (χ4n) is 3.25. The number of carbonyl (C=O) groups excluding carboxylic acids is 1. The van der Waals surface area contributed by atoms with Crippen molar-refractivity contribution in [2.24, 2.45) is 5.92 Å². The van der Waals surface area contributed by atoms with E-state index in [1.807, 2.05) is 47.4 Å². The number of hydrogen-bond acceptors (Lipinski definition) is 5. The first kappa shape index (κ1) is 18.9. The van der Waals surface area contributed by atoms with Crippen molar-refractivity contribution in [3.05, 3.63) is 59.9 Å². The first-order valence-corrected chi connectivity index (χ1v) is 9.89. The molecule has 3 rings (SSSR count). The predicted octanol–water partition coefficient (Wildman–Crippen LogP) is 2.75. The van der Waals surface area contributed by atoms with E-state index < -0.39 is 6.10 Å². The third-order valence-electron chi connectivity index (χ3n) is 4.73. The SMILES string of the molecule is O=C(c1ccc(SCCO)cc1)N1CCC([C@H](O)c2ccccn2)CC1. The van der Waals surface area contributed by atoms with Gasteiger partial charge in [-0.2, -0.15) is 0 Å². The van der Waals surface area contributed by atoms with Crippen LogP contribution in [-0.2, 0) is 0 Å². The van der Waals surface area contributed by atoms with Crippen molar-refractivity contribution in [1.82, 2.24) is 9.88 Å². The molecule has 2 heterocycles. The van der Waals surface area contributed by atoms with Gasteiger partial charge in [0.05, 0.1) is 18.4 Å². The molecule has 26 heavy (non-hydrogen) atoms. The number of aromatic nitrogens is 1. The molecule has 1 fully saturated rings. The van der Waals surface area contributed by atoms with Crippen LogP contribution in [0, 0.1) is 5.92 Å². The zero-order valence-corrected chi connectivity index (χ0v) is 15.4. The van der Waals surface area contributed by atoms with Gasteiger partial charge in [-0.05, 0) is 55.2 Å². The van der Waals surface area contributed by atoms with E-state index in [1.54, 1.807) is 18.0 Å². The van der Waals surface area contributed by atoms with Gasteiger partial charge in [-0.15, -0.1) is 11.8 Å². The van der Waals surface area contributed by atoms with E-state index in [9.17, 15) is 9.90 Å². The molecule has 1 saturated heterocycles. The van der Waals surface area contributed by atoms with Gasteiger partial charge in [0.2, 0.25) is 0 Å². The summed E-state index contributed by atoms with van der Waals surface area (Å²) in [7, 11) is 0. The molecule has 1 amide bonds. The molecular formula is C20H24N2O3S. The van der Waals surface area contributed by atoms with Gasteiger partial charge in [-0.1, -0.05) is 6.07 Å². The predicted molar refractivity (Wildman–Crippen MR) is 102 cm³/mol. The normalized spacial score (nSPS) is 16.5. The Morgan fingerprint density at radius 2 is 1.92 bits per heavy atom. The van der Waals surface area contributed by atoms with Crippen molar-refractivity contribution in [1.29, 1.82) is 0 Å². The van der Waals surface area contributed by atoms with Crippen molar-refractivity contribution in [2.45, 2.75) is 23.8 Å². The Morgan fingerprint density at radius 3 is 2.54 bits per heavy atom. The van der Waals surface area contributed by atoms with Crippen molar-refractivity contribution < 1.29 is 15.0 Å². The maximum Gasteiger partial charge on any atom is 0.253 e. The first-order valence-electron chi connectivity index (χ1n) is 8.91. The fraction of sp³-hybridized carbons (Fsp3) is 0.400. The van der Waals surface area contributed by atoms with Gasteiger partial charge >= 0.3 is 0 Å². The molecular weight excluding hydrogens is 348 g/mol. The van der Waals surface area contributed by atoms with Crippen LogP contribution >= 0.6 is 11.8 Å². The minimum absolute atomic E-state index is 0.0366. The lowest BCUT2D eigenvalue weighted by atomic mass is 9.89. The van der Waals surface area contributed by atoms with E-state index in [-0.39, 0.29) is 18.4 Å². The molecule has 1 aliphatic heterocycles. The Kier molecular flexibility index (Phi) is 6.66. The smallest absolute Gasteiger partial charge is 0.253 e. The molecule has 1 aromatic heterocycles. The summed E-state index contributed by atoms with van der Waals surface area (Å²) in [5.74, 6) is 0.819. The maximum absolute atomic E-state index is 12.7. The van der Waals surface area contributed by atoms with Gasteiger partial charge in [0.25, 0.3) is 5.91 Å². The number of aliphatic hydroxyl groups excluding tert-OH is 2. The number of nitrogens with zero attached hydrogens (tertiary/aromatic N) is 2. The van der Waals surface area contributed by atoms with Crippen LogP contribution < -0.4 is 0 Å². The topological polar surface area (TPSA) is 73.7 Å². The van der Waals surface area contributed by atoms with Crippen LogP contribution in [-0.4, -0.2) is 51.5 Å². The molecule has 1 aromatic carbocycles. The number of benzene rings is 1. The average Bonchev–Trinajstić information content (AvgIpc) is 2.72. The van der Waals surface area contributed by atoms with E-state index in [1.165, 1.54) is 0 Å². The quantitative estimate of drug-likeness (QED) is 0.763. The monoisotopic (exact) mass is 372 g/mol. The van der Waals surface area contributed by atoms with Gasteiger partial charge in [0, 0.05) is 35.5 Å². The summed E-state index contributed by atoms with van der Waals surface area (Å²) in [5.41, 5.74) is 1.38. The molecule has 138 valence electrons. The van der Waals surface area contributed by atoms with E-state index in [4.69, 9.17) is 5.11 Å². The maximum atomic E-state index is 12.7. The Balaban J connectivity index is 1.55. The van der Waals surface area contributed by atoms with Crippen molar-refractivity contribution >= 4 is 17.7 Å². The Labute approximate surface area is 158 Å². The average molecular weight is 372 g/mol. The highest BCUT2D eigenvalue weighted by molar-refractivity contribution is 7.99.